The number of rotatable bonds is 3. The van der Waals surface area contributed by atoms with E-state index >= 15 is 0 Å². The maximum atomic E-state index is 3.96. The molecule has 4 rings (SSSR count). The lowest BCUT2D eigenvalue weighted by Crippen LogP contribution is -1.83. The Morgan fingerprint density at radius 3 is 1.68 bits per heavy atom. The molecular formula is C24H17Br. The van der Waals surface area contributed by atoms with Crippen molar-refractivity contribution < 1.29 is 0 Å². The van der Waals surface area contributed by atoms with Gasteiger partial charge in [0.1, 0.15) is 0 Å². The third-order valence-electron chi connectivity index (χ3n) is 4.52. The Morgan fingerprint density at radius 1 is 0.600 bits per heavy atom. The zero-order valence-corrected chi connectivity index (χ0v) is 15.3. The monoisotopic (exact) mass is 384 g/mol. The SMILES string of the molecule is C=Cc1cccc2cccc(/C=C/c3cccc4cccc(Br)c34)c12. The van der Waals surface area contributed by atoms with Crippen LogP contribution in [0, 0.1) is 0 Å². The minimum Gasteiger partial charge on any atom is -0.0984 e. The van der Waals surface area contributed by atoms with E-state index in [4.69, 9.17) is 0 Å². The first-order valence-electron chi connectivity index (χ1n) is 8.27. The summed E-state index contributed by atoms with van der Waals surface area (Å²) in [5.41, 5.74) is 3.58. The standard InChI is InChI=1S/C24H17Br/c1-2-17-7-3-8-18-9-4-11-20(23(17)18)15-16-21-12-5-10-19-13-6-14-22(25)24(19)21/h2-16H,1H2/b16-15+. The molecule has 120 valence electrons. The maximum absolute atomic E-state index is 3.96. The summed E-state index contributed by atoms with van der Waals surface area (Å²) in [7, 11) is 0. The number of hydrogen-bond donors (Lipinski definition) is 0. The van der Waals surface area contributed by atoms with Gasteiger partial charge in [-0.25, -0.2) is 0 Å². The molecule has 0 aliphatic heterocycles. The van der Waals surface area contributed by atoms with Gasteiger partial charge in [-0.05, 0) is 38.9 Å². The van der Waals surface area contributed by atoms with Gasteiger partial charge in [-0.2, -0.15) is 0 Å². The van der Waals surface area contributed by atoms with E-state index in [1.165, 1.54) is 32.7 Å². The summed E-state index contributed by atoms with van der Waals surface area (Å²) in [6.45, 7) is 3.96. The van der Waals surface area contributed by atoms with Crippen LogP contribution in [0.25, 0.3) is 39.8 Å². The highest BCUT2D eigenvalue weighted by atomic mass is 79.9. The fourth-order valence-electron chi connectivity index (χ4n) is 3.35. The summed E-state index contributed by atoms with van der Waals surface area (Å²) >= 11 is 3.69. The zero-order chi connectivity index (χ0) is 17.2. The van der Waals surface area contributed by atoms with Crippen molar-refractivity contribution in [2.75, 3.05) is 0 Å². The summed E-state index contributed by atoms with van der Waals surface area (Å²) in [6.07, 6.45) is 6.32. The van der Waals surface area contributed by atoms with Crippen LogP contribution in [-0.2, 0) is 0 Å². The molecule has 1 heteroatoms. The summed E-state index contributed by atoms with van der Waals surface area (Å²) in [6, 6.07) is 25.5. The highest BCUT2D eigenvalue weighted by Crippen LogP contribution is 2.30. The molecule has 4 aromatic carbocycles. The van der Waals surface area contributed by atoms with E-state index in [2.05, 4.69) is 107 Å². The van der Waals surface area contributed by atoms with Gasteiger partial charge in [0.15, 0.2) is 0 Å². The third kappa shape index (κ3) is 2.92. The molecule has 0 aliphatic rings. The quantitative estimate of drug-likeness (QED) is 0.319. The molecule has 0 saturated carbocycles. The van der Waals surface area contributed by atoms with Crippen molar-refractivity contribution in [1.82, 2.24) is 0 Å². The molecule has 0 heterocycles. The van der Waals surface area contributed by atoms with Crippen molar-refractivity contribution >= 4 is 55.7 Å². The maximum Gasteiger partial charge on any atom is 0.0259 e. The Kier molecular flexibility index (Phi) is 4.25. The minimum absolute atomic E-state index is 1.12. The van der Waals surface area contributed by atoms with E-state index in [9.17, 15) is 0 Å². The van der Waals surface area contributed by atoms with Gasteiger partial charge in [0.2, 0.25) is 0 Å². The van der Waals surface area contributed by atoms with Gasteiger partial charge in [-0.15, -0.1) is 0 Å². The van der Waals surface area contributed by atoms with Crippen LogP contribution in [0.4, 0.5) is 0 Å². The van der Waals surface area contributed by atoms with Gasteiger partial charge in [0.25, 0.3) is 0 Å². The molecule has 0 aliphatic carbocycles. The van der Waals surface area contributed by atoms with E-state index in [-0.39, 0.29) is 0 Å². The van der Waals surface area contributed by atoms with Gasteiger partial charge < -0.3 is 0 Å². The topological polar surface area (TPSA) is 0 Å². The first-order chi connectivity index (χ1) is 12.3. The fraction of sp³-hybridized carbons (Fsp3) is 0. The Hall–Kier alpha value is -2.64. The molecule has 0 amide bonds. The fourth-order valence-corrected chi connectivity index (χ4v) is 3.96. The first-order valence-corrected chi connectivity index (χ1v) is 9.07. The molecule has 0 N–H and O–H groups in total. The average molecular weight is 385 g/mol. The predicted octanol–water partition coefficient (Wildman–Crippen LogP) is 7.57. The van der Waals surface area contributed by atoms with Crippen LogP contribution >= 0.6 is 15.9 Å². The van der Waals surface area contributed by atoms with E-state index in [0.29, 0.717) is 0 Å². The van der Waals surface area contributed by atoms with Gasteiger partial charge >= 0.3 is 0 Å². The second-order valence-electron chi connectivity index (χ2n) is 6.02. The predicted molar refractivity (Wildman–Crippen MR) is 115 cm³/mol. The Balaban J connectivity index is 1.89. The molecular weight excluding hydrogens is 368 g/mol. The van der Waals surface area contributed by atoms with E-state index < -0.39 is 0 Å². The van der Waals surface area contributed by atoms with Crippen LogP contribution in [0.2, 0.25) is 0 Å². The Labute approximate surface area is 156 Å². The highest BCUT2D eigenvalue weighted by molar-refractivity contribution is 9.10. The summed E-state index contributed by atoms with van der Waals surface area (Å²) in [4.78, 5) is 0. The minimum atomic E-state index is 1.12. The van der Waals surface area contributed by atoms with Gasteiger partial charge in [0, 0.05) is 9.86 Å². The third-order valence-corrected chi connectivity index (χ3v) is 5.18. The van der Waals surface area contributed by atoms with Crippen LogP contribution in [0.1, 0.15) is 16.7 Å². The lowest BCUT2D eigenvalue weighted by molar-refractivity contribution is 1.67. The van der Waals surface area contributed by atoms with Crippen molar-refractivity contribution in [2.24, 2.45) is 0 Å². The summed E-state index contributed by atoms with van der Waals surface area (Å²) in [5, 5.41) is 4.96. The second kappa shape index (κ2) is 6.70. The van der Waals surface area contributed by atoms with Gasteiger partial charge in [0.05, 0.1) is 0 Å². The molecule has 0 nitrogen and oxygen atoms in total. The van der Waals surface area contributed by atoms with Crippen LogP contribution in [0.5, 0.6) is 0 Å². The van der Waals surface area contributed by atoms with E-state index in [0.717, 1.165) is 10.0 Å². The second-order valence-corrected chi connectivity index (χ2v) is 6.87. The molecule has 4 aromatic rings. The van der Waals surface area contributed by atoms with Gasteiger partial charge in [-0.1, -0.05) is 107 Å². The van der Waals surface area contributed by atoms with E-state index in [1.807, 2.05) is 6.08 Å². The zero-order valence-electron chi connectivity index (χ0n) is 13.7. The van der Waals surface area contributed by atoms with Crippen molar-refractivity contribution in [1.29, 1.82) is 0 Å². The molecule has 25 heavy (non-hydrogen) atoms. The van der Waals surface area contributed by atoms with Crippen LogP contribution < -0.4 is 0 Å². The lowest BCUT2D eigenvalue weighted by Gasteiger charge is -2.07. The Morgan fingerprint density at radius 2 is 1.08 bits per heavy atom. The molecule has 0 saturated heterocycles. The van der Waals surface area contributed by atoms with Crippen molar-refractivity contribution in [3.63, 3.8) is 0 Å². The number of benzene rings is 4. The van der Waals surface area contributed by atoms with Crippen LogP contribution in [0.15, 0.2) is 83.8 Å². The lowest BCUT2D eigenvalue weighted by atomic mass is 9.97. The summed E-state index contributed by atoms with van der Waals surface area (Å²) in [5.74, 6) is 0. The highest BCUT2D eigenvalue weighted by Gasteiger charge is 2.04. The first kappa shape index (κ1) is 15.9. The molecule has 0 spiro atoms. The average Bonchev–Trinajstić information content (AvgIpc) is 2.65. The van der Waals surface area contributed by atoms with Crippen molar-refractivity contribution in [3.8, 4) is 0 Å². The van der Waals surface area contributed by atoms with Crippen molar-refractivity contribution in [2.45, 2.75) is 0 Å². The number of halogens is 1. The molecule has 0 atom stereocenters. The van der Waals surface area contributed by atoms with Gasteiger partial charge in [-0.3, -0.25) is 0 Å². The summed E-state index contributed by atoms with van der Waals surface area (Å²) < 4.78 is 1.12. The molecule has 0 bridgehead atoms. The van der Waals surface area contributed by atoms with Crippen molar-refractivity contribution in [3.05, 3.63) is 101 Å². The molecule has 0 radical (unpaired) electrons. The smallest absolute Gasteiger partial charge is 0.0259 e. The number of hydrogen-bond acceptors (Lipinski definition) is 0. The van der Waals surface area contributed by atoms with Crippen LogP contribution in [-0.4, -0.2) is 0 Å². The Bertz CT molecular complexity index is 1110. The molecule has 0 fully saturated rings. The normalized spacial score (nSPS) is 11.4. The largest absolute Gasteiger partial charge is 0.0984 e. The molecule has 0 aromatic heterocycles. The van der Waals surface area contributed by atoms with Crippen LogP contribution in [0.3, 0.4) is 0 Å². The van der Waals surface area contributed by atoms with E-state index in [1.54, 1.807) is 0 Å². The molecule has 0 unspecified atom stereocenters. The number of fused-ring (bicyclic) bond motifs is 2.